The number of esters is 1. The van der Waals surface area contributed by atoms with Crippen molar-refractivity contribution in [2.75, 3.05) is 0 Å². The molecule has 0 amide bonds. The van der Waals surface area contributed by atoms with E-state index in [-0.39, 0.29) is 5.97 Å². The fourth-order valence-corrected chi connectivity index (χ4v) is 0.954. The Kier molecular flexibility index (Phi) is 12.2. The third-order valence-corrected chi connectivity index (χ3v) is 2.13. The summed E-state index contributed by atoms with van der Waals surface area (Å²) in [7, 11) is 0. The molecule has 0 atom stereocenters. The number of hydrogen-bond donors (Lipinski definition) is 0. The quantitative estimate of drug-likeness (QED) is 0.389. The molecule has 0 saturated heterocycles. The van der Waals surface area contributed by atoms with Gasteiger partial charge in [-0.05, 0) is 40.2 Å². The van der Waals surface area contributed by atoms with Crippen LogP contribution in [0, 0.1) is 0 Å². The molecule has 2 nitrogen and oxygen atoms in total. The fourth-order valence-electron chi connectivity index (χ4n) is 0.954. The molecule has 0 aliphatic heterocycles. The second-order valence-corrected chi connectivity index (χ2v) is 5.95. The van der Waals surface area contributed by atoms with Gasteiger partial charge in [0.15, 0.2) is 0 Å². The highest BCUT2D eigenvalue weighted by Gasteiger charge is 2.15. The number of benzene rings is 1. The van der Waals surface area contributed by atoms with E-state index in [9.17, 15) is 4.79 Å². The van der Waals surface area contributed by atoms with E-state index >= 15 is 0 Å². The smallest absolute Gasteiger partial charge is 0.333 e. The number of ether oxygens (including phenoxy) is 1. The van der Waals surface area contributed by atoms with Crippen LogP contribution in [0.2, 0.25) is 0 Å². The molecule has 0 heterocycles. The maximum Gasteiger partial charge on any atom is 0.333 e. The minimum Gasteiger partial charge on any atom is -0.457 e. The minimum absolute atomic E-state index is 0.326. The van der Waals surface area contributed by atoms with E-state index < -0.39 is 5.60 Å². The van der Waals surface area contributed by atoms with Crippen LogP contribution in [-0.4, -0.2) is 11.6 Å². The highest BCUT2D eigenvalue weighted by atomic mass is 16.6. The van der Waals surface area contributed by atoms with Gasteiger partial charge in [0.25, 0.3) is 0 Å². The molecule has 2 heteroatoms. The Hall–Kier alpha value is -2.35. The summed E-state index contributed by atoms with van der Waals surface area (Å²) >= 11 is 0. The molecule has 0 N–H and O–H groups in total. The van der Waals surface area contributed by atoms with Crippen LogP contribution in [0.5, 0.6) is 0 Å². The first-order chi connectivity index (χ1) is 10.5. The predicted molar refractivity (Wildman–Crippen MR) is 102 cm³/mol. The number of rotatable bonds is 3. The average Bonchev–Trinajstić information content (AvgIpc) is 2.47. The van der Waals surface area contributed by atoms with E-state index in [1.165, 1.54) is 5.56 Å². The lowest BCUT2D eigenvalue weighted by molar-refractivity contribution is -0.149. The SMILES string of the molecule is C=C(C)C(=O)OC(C)(C)C.C=CC(=C)C.C=Cc1ccccc1. The van der Waals surface area contributed by atoms with Crippen LogP contribution in [0.3, 0.4) is 0 Å². The molecule has 1 aromatic carbocycles. The van der Waals surface area contributed by atoms with Gasteiger partial charge in [-0.1, -0.05) is 74.4 Å². The number of hydrogen-bond acceptors (Lipinski definition) is 2. The first-order valence-electron chi connectivity index (χ1n) is 7.37. The van der Waals surface area contributed by atoms with Crippen molar-refractivity contribution in [3.05, 3.63) is 79.4 Å². The Bertz CT molecular complexity index is 517. The summed E-state index contributed by atoms with van der Waals surface area (Å²) in [5.74, 6) is -0.326. The van der Waals surface area contributed by atoms with E-state index in [4.69, 9.17) is 4.74 Å². The van der Waals surface area contributed by atoms with Crippen LogP contribution in [0.15, 0.2) is 73.9 Å². The topological polar surface area (TPSA) is 26.3 Å². The summed E-state index contributed by atoms with van der Waals surface area (Å²) in [6, 6.07) is 10.0. The molecule has 0 aliphatic rings. The monoisotopic (exact) mass is 314 g/mol. The maximum absolute atomic E-state index is 10.8. The third-order valence-electron chi connectivity index (χ3n) is 2.13. The Morgan fingerprint density at radius 3 is 1.65 bits per heavy atom. The zero-order chi connectivity index (χ0) is 18.5. The molecule has 0 radical (unpaired) electrons. The van der Waals surface area contributed by atoms with Crippen molar-refractivity contribution in [3.8, 4) is 0 Å². The van der Waals surface area contributed by atoms with Crippen molar-refractivity contribution < 1.29 is 9.53 Å². The van der Waals surface area contributed by atoms with Gasteiger partial charge in [0.2, 0.25) is 0 Å². The van der Waals surface area contributed by atoms with E-state index in [0.717, 1.165) is 5.57 Å². The highest BCUT2D eigenvalue weighted by molar-refractivity contribution is 5.87. The van der Waals surface area contributed by atoms with E-state index in [1.54, 1.807) is 13.0 Å². The van der Waals surface area contributed by atoms with Gasteiger partial charge in [-0.25, -0.2) is 4.79 Å². The lowest BCUT2D eigenvalue weighted by atomic mass is 10.2. The molecule has 126 valence electrons. The van der Waals surface area contributed by atoms with E-state index in [1.807, 2.05) is 64.1 Å². The molecular formula is C21H30O2. The van der Waals surface area contributed by atoms with Gasteiger partial charge in [0.05, 0.1) is 0 Å². The van der Waals surface area contributed by atoms with Gasteiger partial charge in [0.1, 0.15) is 5.60 Å². The van der Waals surface area contributed by atoms with Crippen molar-refractivity contribution in [1.29, 1.82) is 0 Å². The first-order valence-corrected chi connectivity index (χ1v) is 7.37. The van der Waals surface area contributed by atoms with Crippen molar-refractivity contribution in [2.24, 2.45) is 0 Å². The van der Waals surface area contributed by atoms with Crippen molar-refractivity contribution in [1.82, 2.24) is 0 Å². The van der Waals surface area contributed by atoms with Crippen LogP contribution < -0.4 is 0 Å². The summed E-state index contributed by atoms with van der Waals surface area (Å²) in [5, 5.41) is 0. The van der Waals surface area contributed by atoms with Crippen LogP contribution in [0.1, 0.15) is 40.2 Å². The molecule has 0 unspecified atom stereocenters. The first kappa shape index (κ1) is 22.9. The third kappa shape index (κ3) is 17.6. The van der Waals surface area contributed by atoms with Gasteiger partial charge in [0, 0.05) is 5.57 Å². The van der Waals surface area contributed by atoms with Crippen LogP contribution >= 0.6 is 0 Å². The molecule has 0 spiro atoms. The molecule has 23 heavy (non-hydrogen) atoms. The van der Waals surface area contributed by atoms with Crippen LogP contribution in [0.4, 0.5) is 0 Å². The summed E-state index contributed by atoms with van der Waals surface area (Å²) in [6.07, 6.45) is 3.56. The molecule has 0 fully saturated rings. The van der Waals surface area contributed by atoms with Crippen molar-refractivity contribution in [3.63, 3.8) is 0 Å². The van der Waals surface area contributed by atoms with E-state index in [0.29, 0.717) is 5.57 Å². The Labute approximate surface area is 141 Å². The fraction of sp³-hybridized carbons (Fsp3) is 0.286. The van der Waals surface area contributed by atoms with Gasteiger partial charge in [-0.3, -0.25) is 0 Å². The lowest BCUT2D eigenvalue weighted by Crippen LogP contribution is -2.23. The van der Waals surface area contributed by atoms with Crippen molar-refractivity contribution >= 4 is 12.0 Å². The van der Waals surface area contributed by atoms with Gasteiger partial charge in [-0.15, -0.1) is 0 Å². The zero-order valence-corrected chi connectivity index (χ0v) is 15.2. The van der Waals surface area contributed by atoms with Gasteiger partial charge in [-0.2, -0.15) is 0 Å². The molecule has 0 aromatic heterocycles. The highest BCUT2D eigenvalue weighted by Crippen LogP contribution is 2.09. The minimum atomic E-state index is -0.407. The molecule has 1 aromatic rings. The van der Waals surface area contributed by atoms with Gasteiger partial charge >= 0.3 is 5.97 Å². The summed E-state index contributed by atoms with van der Waals surface area (Å²) in [4.78, 5) is 10.8. The van der Waals surface area contributed by atoms with E-state index in [2.05, 4.69) is 26.3 Å². The molecule has 1 rings (SSSR count). The molecular weight excluding hydrogens is 284 g/mol. The Balaban J connectivity index is 0. The number of carbonyl (C=O) groups is 1. The van der Waals surface area contributed by atoms with Gasteiger partial charge < -0.3 is 4.74 Å². The number of carbonyl (C=O) groups excluding carboxylic acids is 1. The largest absolute Gasteiger partial charge is 0.457 e. The lowest BCUT2D eigenvalue weighted by Gasteiger charge is -2.19. The second kappa shape index (κ2) is 12.2. The summed E-state index contributed by atoms with van der Waals surface area (Å²) in [5.41, 5.74) is 2.23. The van der Waals surface area contributed by atoms with Crippen LogP contribution in [0.25, 0.3) is 6.08 Å². The normalized spacial score (nSPS) is 9.09. The zero-order valence-electron chi connectivity index (χ0n) is 15.2. The average molecular weight is 314 g/mol. The maximum atomic E-state index is 10.8. The standard InChI is InChI=1S/C8H14O2.C8H8.C5H8/c1-6(2)7(9)10-8(3,4)5;1-2-8-6-4-3-5-7-8;1-4-5(2)3/h1H2,2-5H3;2-7H,1H2;4H,1-2H2,3H3. The molecule has 0 bridgehead atoms. The summed E-state index contributed by atoms with van der Waals surface area (Å²) in [6.45, 7) is 23.1. The Morgan fingerprint density at radius 1 is 1.04 bits per heavy atom. The molecule has 0 aliphatic carbocycles. The van der Waals surface area contributed by atoms with Crippen LogP contribution in [-0.2, 0) is 9.53 Å². The molecule has 0 saturated carbocycles. The van der Waals surface area contributed by atoms with Crippen molar-refractivity contribution in [2.45, 2.75) is 40.2 Å². The second-order valence-electron chi connectivity index (χ2n) is 5.95. The Morgan fingerprint density at radius 2 is 1.48 bits per heavy atom. The summed E-state index contributed by atoms with van der Waals surface area (Å²) < 4.78 is 4.96. The predicted octanol–water partition coefficient (Wildman–Crippen LogP) is 5.98. The number of allylic oxidation sites excluding steroid dienone is 2.